The molecule has 0 rings (SSSR count). The Balaban J connectivity index is -0.0000000149. The van der Waals surface area contributed by atoms with Crippen LogP contribution in [0.4, 0.5) is 0 Å². The first-order valence-electron chi connectivity index (χ1n) is 6.59. The maximum Gasteiger partial charge on any atom is 1.00 e. The Morgan fingerprint density at radius 2 is 1.27 bits per heavy atom. The molecule has 0 heterocycles. The first kappa shape index (κ1) is 39.1. The second-order valence-electron chi connectivity index (χ2n) is 2.84. The summed E-state index contributed by atoms with van der Waals surface area (Å²) in [4.78, 5) is 19.3. The summed E-state index contributed by atoms with van der Waals surface area (Å²) in [6.45, 7) is 12.5. The monoisotopic (exact) mass is 460 g/mol. The largest absolute Gasteiger partial charge is 1.00 e. The van der Waals surface area contributed by atoms with E-state index < -0.39 is 0 Å². The number of carbonyl (C=O) groups excluding carboxylic acids is 2. The van der Waals surface area contributed by atoms with E-state index in [4.69, 9.17) is 0 Å². The third-order valence-electron chi connectivity index (χ3n) is 0.925. The van der Waals surface area contributed by atoms with E-state index in [2.05, 4.69) is 38.0 Å². The molecule has 0 aromatic rings. The first-order valence-corrected chi connectivity index (χ1v) is 9.11. The molecular formula is C14H40BrKO4S2. The molecule has 0 atom stereocenters. The Morgan fingerprint density at radius 3 is 1.27 bits per heavy atom. The summed E-state index contributed by atoms with van der Waals surface area (Å²) >= 11 is 8.47. The quantitative estimate of drug-likeness (QED) is 0.364. The Morgan fingerprint density at radius 1 is 1.09 bits per heavy atom. The van der Waals surface area contributed by atoms with E-state index >= 15 is 0 Å². The van der Waals surface area contributed by atoms with Crippen LogP contribution in [0.25, 0.3) is 0 Å². The van der Waals surface area contributed by atoms with E-state index in [-0.39, 0.29) is 67.3 Å². The van der Waals surface area contributed by atoms with Crippen molar-refractivity contribution in [3.63, 3.8) is 0 Å². The van der Waals surface area contributed by atoms with Gasteiger partial charge in [-0.05, 0) is 26.5 Å². The molecule has 0 aromatic carbocycles. The van der Waals surface area contributed by atoms with Gasteiger partial charge in [0, 0.05) is 50.5 Å². The number of thioether (sulfide) groups is 1. The minimum atomic E-state index is -0.250. The van der Waals surface area contributed by atoms with Crippen LogP contribution in [0.2, 0.25) is 0 Å². The molecule has 0 unspecified atom stereocenters. The van der Waals surface area contributed by atoms with Crippen LogP contribution in [-0.4, -0.2) is 48.7 Å². The number of carbonyl (C=O) groups is 2. The number of halogens is 1. The molecule has 0 radical (unpaired) electrons. The van der Waals surface area contributed by atoms with Gasteiger partial charge in [-0.2, -0.15) is 0 Å². The minimum absolute atomic E-state index is 0. The summed E-state index contributed by atoms with van der Waals surface area (Å²) in [5, 5.41) is 1.02. The summed E-state index contributed by atoms with van der Waals surface area (Å²) in [5.74, 6) is 0.898. The molecule has 0 spiro atoms. The van der Waals surface area contributed by atoms with E-state index in [1.54, 1.807) is 21.1 Å². The molecule has 0 aliphatic rings. The smallest absolute Gasteiger partial charge is 0.742 e. The van der Waals surface area contributed by atoms with Gasteiger partial charge in [0.2, 0.25) is 0 Å². The molecule has 0 aliphatic heterocycles. The van der Waals surface area contributed by atoms with Gasteiger partial charge in [0.25, 0.3) is 0 Å². The first-order chi connectivity index (χ1) is 9.74. The van der Waals surface area contributed by atoms with Crippen molar-refractivity contribution < 1.29 is 76.2 Å². The van der Waals surface area contributed by atoms with Gasteiger partial charge in [0.05, 0.1) is 0 Å². The second-order valence-corrected chi connectivity index (χ2v) is 5.98. The van der Waals surface area contributed by atoms with Gasteiger partial charge in [-0.25, -0.2) is 0 Å². The fraction of sp³-hybridized carbons (Fsp3) is 0.857. The van der Waals surface area contributed by atoms with Crippen LogP contribution in [0, 0.1) is 0 Å². The number of hydrogen-bond acceptors (Lipinski definition) is 6. The Kier molecular flexibility index (Phi) is 88.0. The van der Waals surface area contributed by atoms with Crippen molar-refractivity contribution in [2.75, 3.05) is 38.5 Å². The molecule has 0 bridgehead atoms. The summed E-state index contributed by atoms with van der Waals surface area (Å²) in [6.07, 6.45) is 0. The van der Waals surface area contributed by atoms with Gasteiger partial charge in [0.1, 0.15) is 0 Å². The second kappa shape index (κ2) is 49.5. The topological polar surface area (TPSA) is 52.6 Å². The van der Waals surface area contributed by atoms with Crippen LogP contribution in [0.15, 0.2) is 0 Å². The van der Waals surface area contributed by atoms with Gasteiger partial charge in [-0.1, -0.05) is 41.5 Å². The zero-order valence-corrected chi connectivity index (χ0v) is 22.0. The average molecular weight is 462 g/mol. The summed E-state index contributed by atoms with van der Waals surface area (Å²) in [7, 11) is 3.36. The van der Waals surface area contributed by atoms with Gasteiger partial charge in [0.15, 0.2) is 5.12 Å². The zero-order valence-electron chi connectivity index (χ0n) is 15.7. The third kappa shape index (κ3) is 200. The van der Waals surface area contributed by atoms with Crippen molar-refractivity contribution in [2.24, 2.45) is 0 Å². The van der Waals surface area contributed by atoms with Crippen molar-refractivity contribution in [1.29, 1.82) is 0 Å². The van der Waals surface area contributed by atoms with E-state index in [0.29, 0.717) is 0 Å². The van der Waals surface area contributed by atoms with E-state index in [1.807, 2.05) is 27.7 Å². The summed E-state index contributed by atoms with van der Waals surface area (Å²) in [6, 6.07) is 0. The average Bonchev–Trinajstić information content (AvgIpc) is 2.39. The van der Waals surface area contributed by atoms with Gasteiger partial charge < -0.3 is 26.9 Å². The molecule has 140 valence electrons. The molecule has 8 heteroatoms. The van der Waals surface area contributed by atoms with Gasteiger partial charge in [-0.15, -0.1) is 0 Å². The molecule has 4 nitrogen and oxygen atoms in total. The number of alkyl halides is 1. The number of rotatable bonds is 3. The summed E-state index contributed by atoms with van der Waals surface area (Å²) in [5.41, 5.74) is 0. The van der Waals surface area contributed by atoms with Gasteiger partial charge >= 0.3 is 51.4 Å². The number of methoxy groups -OCH3 is 2. The molecule has 0 fully saturated rings. The third-order valence-corrected chi connectivity index (χ3v) is 1.62. The zero-order chi connectivity index (χ0) is 18.1. The van der Waals surface area contributed by atoms with Crippen LogP contribution in [-0.2, 0) is 31.7 Å². The molecule has 22 heavy (non-hydrogen) atoms. The Bertz CT molecular complexity index is 192. The fourth-order valence-corrected chi connectivity index (χ4v) is 0.610. The van der Waals surface area contributed by atoms with Crippen molar-refractivity contribution in [3.05, 3.63) is 0 Å². The normalized spacial score (nSPS) is 6.95. The maximum absolute atomic E-state index is 10.0. The molecule has 0 amide bonds. The van der Waals surface area contributed by atoms with Crippen molar-refractivity contribution in [3.8, 4) is 0 Å². The number of hydrogen-bond donors (Lipinski definition) is 0. The molecular weight excluding hydrogens is 415 g/mol. The van der Waals surface area contributed by atoms with Crippen molar-refractivity contribution in [1.82, 2.24) is 0 Å². The van der Waals surface area contributed by atoms with Crippen molar-refractivity contribution in [2.45, 2.75) is 41.5 Å². The van der Waals surface area contributed by atoms with Crippen LogP contribution >= 0.6 is 27.7 Å². The Labute approximate surface area is 204 Å². The molecule has 0 saturated carbocycles. The van der Waals surface area contributed by atoms with Crippen LogP contribution in [0.1, 0.15) is 47.2 Å². The van der Waals surface area contributed by atoms with E-state index in [1.165, 1.54) is 18.7 Å². The molecule has 0 aromatic heterocycles. The minimum Gasteiger partial charge on any atom is -0.742 e. The predicted molar refractivity (Wildman–Crippen MR) is 110 cm³/mol. The van der Waals surface area contributed by atoms with Crippen molar-refractivity contribution >= 4 is 50.6 Å². The van der Waals surface area contributed by atoms with E-state index in [9.17, 15) is 9.59 Å². The summed E-state index contributed by atoms with van der Waals surface area (Å²) < 4.78 is 9.08. The SMILES string of the molecule is CC(=O)[S-].CCBr.CCOC.CCOC.CCSC(C)=O.[2HH].[2HH].[3HH].[3HH].[K+]. The van der Waals surface area contributed by atoms with E-state index in [0.717, 1.165) is 24.3 Å². The number of ether oxygens (including phenoxy) is 2. The van der Waals surface area contributed by atoms with Crippen LogP contribution in [0.3, 0.4) is 0 Å². The standard InChI is InChI=1S/C4H8OS.2C3H8O.C2H5Br.C2H4OS.K.4H2/c1-3-6-4(2)5;2*1-3-4-2;1-2-3;1-2(3)4;;;;;/h3H2,1-2H3;2*3H2,1-2H3;2H2,1H3;1H3,(H,3,4);;4*1H/q;;;;;+1;;;;/p-1/i;;;;;;2*1+2;2*1+1. The van der Waals surface area contributed by atoms with Crippen LogP contribution < -0.4 is 51.4 Å². The molecule has 0 saturated heterocycles. The fourth-order valence-electron chi connectivity index (χ4n) is 0.203. The molecule has 0 aliphatic carbocycles. The maximum atomic E-state index is 10.0. The predicted octanol–water partition coefficient (Wildman–Crippen LogP) is 2.06. The Hall–Kier alpha value is 1.95. The molecule has 0 N–H and O–H groups in total. The van der Waals surface area contributed by atoms with Gasteiger partial charge in [-0.3, -0.25) is 4.79 Å². The van der Waals surface area contributed by atoms with Crippen LogP contribution in [0.5, 0.6) is 0 Å².